The molecule has 0 aromatic carbocycles. The predicted octanol–water partition coefficient (Wildman–Crippen LogP) is 15.2. The minimum Gasteiger partial charge on any atom is -0.466 e. The summed E-state index contributed by atoms with van der Waals surface area (Å²) in [6.45, 7) is 4.92. The van der Waals surface area contributed by atoms with Crippen LogP contribution in [0.15, 0.2) is 0 Å². The van der Waals surface area contributed by atoms with E-state index in [4.69, 9.17) is 4.74 Å². The van der Waals surface area contributed by atoms with E-state index in [1.807, 2.05) is 0 Å². The molecule has 0 saturated carbocycles. The normalized spacial score (nSPS) is 12.6. The van der Waals surface area contributed by atoms with Crippen molar-refractivity contribution in [1.82, 2.24) is 5.32 Å². The molecule has 2 atom stereocenters. The largest absolute Gasteiger partial charge is 0.466 e. The van der Waals surface area contributed by atoms with Crippen LogP contribution in [0.2, 0.25) is 0 Å². The van der Waals surface area contributed by atoms with Crippen molar-refractivity contribution in [3.05, 3.63) is 0 Å². The van der Waals surface area contributed by atoms with E-state index in [0.29, 0.717) is 25.9 Å². The van der Waals surface area contributed by atoms with Gasteiger partial charge in [-0.1, -0.05) is 251 Å². The maximum atomic E-state index is 12.4. The number of ether oxygens (including phenoxy) is 1. The Morgan fingerprint density at radius 1 is 0.421 bits per heavy atom. The topological polar surface area (TPSA) is 95.9 Å². The van der Waals surface area contributed by atoms with Gasteiger partial charge in [0.05, 0.1) is 25.4 Å². The predicted molar refractivity (Wildman–Crippen MR) is 246 cm³/mol. The molecule has 1 amide bonds. The van der Waals surface area contributed by atoms with Crippen LogP contribution in [0.25, 0.3) is 0 Å². The number of carbonyl (C=O) groups excluding carboxylic acids is 2. The van der Waals surface area contributed by atoms with Crippen molar-refractivity contribution in [2.45, 2.75) is 302 Å². The second-order valence-corrected chi connectivity index (χ2v) is 17.9. The van der Waals surface area contributed by atoms with E-state index in [0.717, 1.165) is 57.8 Å². The standard InChI is InChI=1S/C51H101NO5/c1-3-5-7-9-11-13-15-16-17-18-19-20-21-25-29-33-37-41-45-51(56)57-46-42-38-34-30-26-22-24-28-32-36-40-44-50(55)52-48(47-53)49(54)43-39-35-31-27-23-14-12-10-8-6-4-2/h48-49,53-54H,3-47H2,1-2H3,(H,52,55). The van der Waals surface area contributed by atoms with E-state index >= 15 is 0 Å². The second-order valence-electron chi connectivity index (χ2n) is 17.9. The maximum absolute atomic E-state index is 12.4. The number of carbonyl (C=O) groups is 2. The van der Waals surface area contributed by atoms with Crippen LogP contribution in [0.3, 0.4) is 0 Å². The van der Waals surface area contributed by atoms with Gasteiger partial charge in [-0.05, 0) is 25.7 Å². The molecule has 0 rings (SSSR count). The van der Waals surface area contributed by atoms with E-state index < -0.39 is 12.1 Å². The summed E-state index contributed by atoms with van der Waals surface area (Å²) in [7, 11) is 0. The quantitative estimate of drug-likeness (QED) is 0.0420. The van der Waals surface area contributed by atoms with Gasteiger partial charge in [-0.2, -0.15) is 0 Å². The Labute approximate surface area is 356 Å². The fourth-order valence-corrected chi connectivity index (χ4v) is 8.17. The summed E-state index contributed by atoms with van der Waals surface area (Å²) < 4.78 is 5.47. The summed E-state index contributed by atoms with van der Waals surface area (Å²) in [6.07, 6.45) is 52.1. The van der Waals surface area contributed by atoms with E-state index in [2.05, 4.69) is 19.2 Å². The number of aliphatic hydroxyl groups excluding tert-OH is 2. The molecule has 0 saturated heterocycles. The molecular weight excluding hydrogens is 707 g/mol. The molecule has 0 fully saturated rings. The minimum absolute atomic E-state index is 0.00898. The lowest BCUT2D eigenvalue weighted by atomic mass is 10.0. The summed E-state index contributed by atoms with van der Waals surface area (Å²) in [6, 6.07) is -0.552. The van der Waals surface area contributed by atoms with E-state index in [9.17, 15) is 19.8 Å². The molecule has 0 heterocycles. The first kappa shape index (κ1) is 55.9. The van der Waals surface area contributed by atoms with Gasteiger partial charge in [0.25, 0.3) is 0 Å². The molecule has 0 aromatic heterocycles. The van der Waals surface area contributed by atoms with Crippen molar-refractivity contribution in [2.75, 3.05) is 13.2 Å². The van der Waals surface area contributed by atoms with Crippen molar-refractivity contribution in [3.8, 4) is 0 Å². The number of aliphatic hydroxyl groups is 2. The van der Waals surface area contributed by atoms with Gasteiger partial charge in [0, 0.05) is 12.8 Å². The van der Waals surface area contributed by atoms with Crippen molar-refractivity contribution >= 4 is 11.9 Å². The van der Waals surface area contributed by atoms with Gasteiger partial charge in [0.1, 0.15) is 0 Å². The zero-order valence-corrected chi connectivity index (χ0v) is 38.6. The monoisotopic (exact) mass is 808 g/mol. The molecule has 0 aliphatic rings. The molecule has 0 aliphatic heterocycles. The average molecular weight is 808 g/mol. The van der Waals surface area contributed by atoms with E-state index in [1.54, 1.807) is 0 Å². The second kappa shape index (κ2) is 47.5. The minimum atomic E-state index is -0.673. The van der Waals surface area contributed by atoms with Crippen LogP contribution in [0, 0.1) is 0 Å². The molecule has 0 aliphatic carbocycles. The Hall–Kier alpha value is -1.14. The molecule has 0 spiro atoms. The average Bonchev–Trinajstić information content (AvgIpc) is 3.21. The zero-order chi connectivity index (χ0) is 41.5. The lowest BCUT2D eigenvalue weighted by molar-refractivity contribution is -0.143. The van der Waals surface area contributed by atoms with Crippen LogP contribution in [-0.2, 0) is 14.3 Å². The third kappa shape index (κ3) is 44.2. The smallest absolute Gasteiger partial charge is 0.305 e. The van der Waals surface area contributed by atoms with Gasteiger partial charge in [-0.15, -0.1) is 0 Å². The number of nitrogens with one attached hydrogen (secondary N) is 1. The first-order chi connectivity index (χ1) is 28.0. The third-order valence-corrected chi connectivity index (χ3v) is 12.2. The molecule has 6 heteroatoms. The van der Waals surface area contributed by atoms with Gasteiger partial charge in [0.2, 0.25) is 5.91 Å². The molecule has 2 unspecified atom stereocenters. The molecule has 57 heavy (non-hydrogen) atoms. The highest BCUT2D eigenvalue weighted by Gasteiger charge is 2.20. The highest BCUT2D eigenvalue weighted by molar-refractivity contribution is 5.76. The summed E-state index contributed by atoms with van der Waals surface area (Å²) in [5, 5.41) is 23.1. The van der Waals surface area contributed by atoms with E-state index in [1.165, 1.54) is 199 Å². The Balaban J connectivity index is 3.41. The number of rotatable bonds is 48. The van der Waals surface area contributed by atoms with Crippen LogP contribution in [0.1, 0.15) is 290 Å². The number of hydrogen-bond donors (Lipinski definition) is 3. The number of hydrogen-bond acceptors (Lipinski definition) is 5. The lowest BCUT2D eigenvalue weighted by Crippen LogP contribution is -2.45. The molecule has 0 aromatic rings. The van der Waals surface area contributed by atoms with Crippen molar-refractivity contribution in [3.63, 3.8) is 0 Å². The number of esters is 1. The lowest BCUT2D eigenvalue weighted by Gasteiger charge is -2.22. The van der Waals surface area contributed by atoms with Gasteiger partial charge < -0.3 is 20.3 Å². The summed E-state index contributed by atoms with van der Waals surface area (Å²) in [5.41, 5.74) is 0. The van der Waals surface area contributed by atoms with Crippen LogP contribution in [0.4, 0.5) is 0 Å². The summed E-state index contributed by atoms with van der Waals surface area (Å²) in [5.74, 6) is -0.0622. The van der Waals surface area contributed by atoms with Gasteiger partial charge in [0.15, 0.2) is 0 Å². The Kier molecular flexibility index (Phi) is 46.6. The van der Waals surface area contributed by atoms with Crippen LogP contribution >= 0.6 is 0 Å². The first-order valence-electron chi connectivity index (χ1n) is 25.8. The van der Waals surface area contributed by atoms with Crippen molar-refractivity contribution in [1.29, 1.82) is 0 Å². The Morgan fingerprint density at radius 3 is 1.07 bits per heavy atom. The molecule has 6 nitrogen and oxygen atoms in total. The van der Waals surface area contributed by atoms with Crippen molar-refractivity contribution < 1.29 is 24.5 Å². The zero-order valence-electron chi connectivity index (χ0n) is 38.6. The SMILES string of the molecule is CCCCCCCCCCCCCCCCCCCCC(=O)OCCCCCCCCCCCCCC(=O)NC(CO)C(O)CCCCCCCCCCCCC. The summed E-state index contributed by atoms with van der Waals surface area (Å²) in [4.78, 5) is 24.5. The third-order valence-electron chi connectivity index (χ3n) is 12.2. The first-order valence-corrected chi connectivity index (χ1v) is 25.8. The van der Waals surface area contributed by atoms with Crippen LogP contribution in [-0.4, -0.2) is 47.4 Å². The fourth-order valence-electron chi connectivity index (χ4n) is 8.17. The molecular formula is C51H101NO5. The number of amides is 1. The Morgan fingerprint density at radius 2 is 0.719 bits per heavy atom. The molecule has 340 valence electrons. The van der Waals surface area contributed by atoms with Gasteiger partial charge in [-0.3, -0.25) is 9.59 Å². The Bertz CT molecular complexity index is 806. The highest BCUT2D eigenvalue weighted by atomic mass is 16.5. The van der Waals surface area contributed by atoms with Gasteiger partial charge in [-0.25, -0.2) is 0 Å². The van der Waals surface area contributed by atoms with Gasteiger partial charge >= 0.3 is 5.97 Å². The highest BCUT2D eigenvalue weighted by Crippen LogP contribution is 2.17. The van der Waals surface area contributed by atoms with Crippen LogP contribution in [0.5, 0.6) is 0 Å². The summed E-state index contributed by atoms with van der Waals surface area (Å²) >= 11 is 0. The molecule has 3 N–H and O–H groups in total. The molecule has 0 bridgehead atoms. The molecule has 0 radical (unpaired) electrons. The van der Waals surface area contributed by atoms with E-state index in [-0.39, 0.29) is 18.5 Å². The van der Waals surface area contributed by atoms with Crippen LogP contribution < -0.4 is 5.32 Å². The number of unbranched alkanes of at least 4 members (excludes halogenated alkanes) is 37. The fraction of sp³-hybridized carbons (Fsp3) is 0.961. The maximum Gasteiger partial charge on any atom is 0.305 e. The van der Waals surface area contributed by atoms with Crippen molar-refractivity contribution in [2.24, 2.45) is 0 Å².